The Morgan fingerprint density at radius 3 is 2.37 bits per heavy atom. The van der Waals surface area contributed by atoms with Gasteiger partial charge >= 0.3 is 0 Å². The van der Waals surface area contributed by atoms with Gasteiger partial charge in [-0.3, -0.25) is 4.90 Å². The second-order valence-corrected chi connectivity index (χ2v) is 5.49. The highest BCUT2D eigenvalue weighted by atomic mass is 32.1. The minimum atomic E-state index is -2.81. The van der Waals surface area contributed by atoms with E-state index >= 15 is 0 Å². The van der Waals surface area contributed by atoms with Gasteiger partial charge in [0.15, 0.2) is 0 Å². The Morgan fingerprint density at radius 1 is 1.26 bits per heavy atom. The van der Waals surface area contributed by atoms with Crippen molar-refractivity contribution in [3.63, 3.8) is 0 Å². The van der Waals surface area contributed by atoms with Gasteiger partial charge in [-0.15, -0.1) is 0 Å². The first-order valence-electron chi connectivity index (χ1n) is 6.44. The number of piperidine rings is 1. The molecule has 1 aliphatic heterocycles. The summed E-state index contributed by atoms with van der Waals surface area (Å²) >= 11 is 4.95. The number of thiocarbonyl (C=S) groups is 1. The Balaban J connectivity index is 1.93. The molecule has 0 aliphatic carbocycles. The van der Waals surface area contributed by atoms with Crippen LogP contribution in [0.1, 0.15) is 18.4 Å². The number of nitrogens with two attached hydrogens (primary N) is 1. The molecule has 0 radical (unpaired) electrons. The summed E-state index contributed by atoms with van der Waals surface area (Å²) < 4.78 is 28.2. The van der Waals surface area contributed by atoms with Crippen LogP contribution in [0.15, 0.2) is 30.3 Å². The third kappa shape index (κ3) is 3.70. The second kappa shape index (κ2) is 5.92. The van der Waals surface area contributed by atoms with E-state index in [0.717, 1.165) is 12.8 Å². The summed E-state index contributed by atoms with van der Waals surface area (Å²) in [4.78, 5) is 2.30. The standard InChI is InChI=1S/C14H18F2N2S/c15-14(16,12-4-2-1-3-5-12)10-18-8-6-11(7-9-18)13(17)19/h1-5,11H,6-10H2,(H2,17,19). The molecule has 1 heterocycles. The Morgan fingerprint density at radius 2 is 1.84 bits per heavy atom. The largest absolute Gasteiger partial charge is 0.393 e. The van der Waals surface area contributed by atoms with Crippen LogP contribution in [0.4, 0.5) is 8.78 Å². The third-order valence-electron chi connectivity index (χ3n) is 3.61. The van der Waals surface area contributed by atoms with E-state index in [9.17, 15) is 8.78 Å². The van der Waals surface area contributed by atoms with Gasteiger partial charge in [-0.25, -0.2) is 0 Å². The van der Waals surface area contributed by atoms with Gasteiger partial charge in [0, 0.05) is 11.5 Å². The van der Waals surface area contributed by atoms with E-state index in [0.29, 0.717) is 18.1 Å². The van der Waals surface area contributed by atoms with Crippen molar-refractivity contribution in [3.8, 4) is 0 Å². The fourth-order valence-corrected chi connectivity index (χ4v) is 2.67. The average Bonchev–Trinajstić information content (AvgIpc) is 2.40. The van der Waals surface area contributed by atoms with Crippen LogP contribution in [0, 0.1) is 5.92 Å². The number of halogens is 2. The van der Waals surface area contributed by atoms with E-state index in [1.54, 1.807) is 23.1 Å². The van der Waals surface area contributed by atoms with Crippen LogP contribution in [0.5, 0.6) is 0 Å². The van der Waals surface area contributed by atoms with Gasteiger partial charge in [-0.2, -0.15) is 8.78 Å². The van der Waals surface area contributed by atoms with Crippen molar-refractivity contribution in [1.82, 2.24) is 4.90 Å². The van der Waals surface area contributed by atoms with Gasteiger partial charge in [-0.1, -0.05) is 42.5 Å². The molecule has 0 atom stereocenters. The highest BCUT2D eigenvalue weighted by Crippen LogP contribution is 2.30. The fourth-order valence-electron chi connectivity index (χ4n) is 2.43. The number of hydrogen-bond acceptors (Lipinski definition) is 2. The molecule has 2 nitrogen and oxygen atoms in total. The monoisotopic (exact) mass is 284 g/mol. The van der Waals surface area contributed by atoms with Gasteiger partial charge in [0.2, 0.25) is 0 Å². The highest BCUT2D eigenvalue weighted by Gasteiger charge is 2.35. The molecule has 104 valence electrons. The van der Waals surface area contributed by atoms with Gasteiger partial charge in [0.1, 0.15) is 0 Å². The van der Waals surface area contributed by atoms with Gasteiger partial charge in [0.05, 0.1) is 11.5 Å². The maximum Gasteiger partial charge on any atom is 0.285 e. The molecular weight excluding hydrogens is 266 g/mol. The zero-order chi connectivity index (χ0) is 13.9. The van der Waals surface area contributed by atoms with Crippen molar-refractivity contribution in [2.45, 2.75) is 18.8 Å². The summed E-state index contributed by atoms with van der Waals surface area (Å²) in [5.74, 6) is -2.60. The molecule has 0 spiro atoms. The number of alkyl halides is 2. The number of benzene rings is 1. The third-order valence-corrected chi connectivity index (χ3v) is 3.94. The molecule has 5 heteroatoms. The molecule has 0 bridgehead atoms. The number of likely N-dealkylation sites (tertiary alicyclic amines) is 1. The second-order valence-electron chi connectivity index (χ2n) is 5.02. The Hall–Kier alpha value is -1.07. The zero-order valence-electron chi connectivity index (χ0n) is 10.7. The molecule has 1 aromatic carbocycles. The molecule has 1 fully saturated rings. The zero-order valence-corrected chi connectivity index (χ0v) is 11.5. The Bertz CT molecular complexity index is 428. The van der Waals surface area contributed by atoms with Crippen LogP contribution in [0.2, 0.25) is 0 Å². The summed E-state index contributed by atoms with van der Waals surface area (Å²) in [6, 6.07) is 7.97. The molecule has 2 N–H and O–H groups in total. The summed E-state index contributed by atoms with van der Waals surface area (Å²) in [6.07, 6.45) is 1.56. The van der Waals surface area contributed by atoms with Crippen molar-refractivity contribution in [2.75, 3.05) is 19.6 Å². The summed E-state index contributed by atoms with van der Waals surface area (Å²) in [5.41, 5.74) is 5.67. The van der Waals surface area contributed by atoms with Gasteiger partial charge in [-0.05, 0) is 25.9 Å². The molecule has 2 rings (SSSR count). The lowest BCUT2D eigenvalue weighted by Gasteiger charge is -2.33. The van der Waals surface area contributed by atoms with Crippen molar-refractivity contribution >= 4 is 17.2 Å². The van der Waals surface area contributed by atoms with E-state index < -0.39 is 5.92 Å². The lowest BCUT2D eigenvalue weighted by molar-refractivity contribution is -0.0429. The van der Waals surface area contributed by atoms with E-state index in [-0.39, 0.29) is 18.0 Å². The summed E-state index contributed by atoms with van der Waals surface area (Å²) in [6.45, 7) is 1.02. The number of nitrogens with zero attached hydrogens (tertiary/aromatic N) is 1. The number of hydrogen-bond donors (Lipinski definition) is 1. The first-order chi connectivity index (χ1) is 8.99. The highest BCUT2D eigenvalue weighted by molar-refractivity contribution is 7.80. The molecule has 1 aliphatic rings. The SMILES string of the molecule is NC(=S)C1CCN(CC(F)(F)c2ccccc2)CC1. The molecule has 1 aromatic rings. The minimum absolute atomic E-state index is 0.0754. The van der Waals surface area contributed by atoms with Crippen molar-refractivity contribution < 1.29 is 8.78 Å². The maximum atomic E-state index is 14.1. The van der Waals surface area contributed by atoms with Crippen LogP contribution in [0.3, 0.4) is 0 Å². The van der Waals surface area contributed by atoms with Gasteiger partial charge < -0.3 is 5.73 Å². The molecule has 0 amide bonds. The summed E-state index contributed by atoms with van der Waals surface area (Å²) in [5, 5.41) is 0. The lowest BCUT2D eigenvalue weighted by atomic mass is 9.96. The molecule has 0 aromatic heterocycles. The first kappa shape index (κ1) is 14.3. The van der Waals surface area contributed by atoms with Crippen LogP contribution in [0.25, 0.3) is 0 Å². The van der Waals surface area contributed by atoms with Crippen molar-refractivity contribution in [3.05, 3.63) is 35.9 Å². The lowest BCUT2D eigenvalue weighted by Crippen LogP contribution is -2.42. The molecular formula is C14H18F2N2S. The smallest absolute Gasteiger partial charge is 0.285 e. The van der Waals surface area contributed by atoms with Gasteiger partial charge in [0.25, 0.3) is 5.92 Å². The Kier molecular flexibility index (Phi) is 4.47. The quantitative estimate of drug-likeness (QED) is 0.862. The Labute approximate surface area is 117 Å². The molecule has 1 saturated heterocycles. The van der Waals surface area contributed by atoms with Crippen LogP contribution < -0.4 is 5.73 Å². The number of rotatable bonds is 4. The maximum absolute atomic E-state index is 14.1. The topological polar surface area (TPSA) is 29.3 Å². The molecule has 19 heavy (non-hydrogen) atoms. The molecule has 0 unspecified atom stereocenters. The van der Waals surface area contributed by atoms with E-state index in [4.69, 9.17) is 18.0 Å². The van der Waals surface area contributed by atoms with Crippen LogP contribution >= 0.6 is 12.2 Å². The first-order valence-corrected chi connectivity index (χ1v) is 6.85. The minimum Gasteiger partial charge on any atom is -0.393 e. The van der Waals surface area contributed by atoms with E-state index in [1.165, 1.54) is 12.1 Å². The average molecular weight is 284 g/mol. The van der Waals surface area contributed by atoms with Crippen molar-refractivity contribution in [2.24, 2.45) is 11.7 Å². The predicted molar refractivity (Wildman–Crippen MR) is 76.3 cm³/mol. The normalized spacial score (nSPS) is 18.4. The van der Waals surface area contributed by atoms with Crippen LogP contribution in [-0.2, 0) is 5.92 Å². The van der Waals surface area contributed by atoms with E-state index in [2.05, 4.69) is 0 Å². The van der Waals surface area contributed by atoms with Crippen molar-refractivity contribution in [1.29, 1.82) is 0 Å². The van der Waals surface area contributed by atoms with E-state index in [1.807, 2.05) is 0 Å². The van der Waals surface area contributed by atoms with Crippen LogP contribution in [-0.4, -0.2) is 29.5 Å². The fraction of sp³-hybridized carbons (Fsp3) is 0.500. The predicted octanol–water partition coefficient (Wildman–Crippen LogP) is 2.78. The summed E-state index contributed by atoms with van der Waals surface area (Å²) in [7, 11) is 0. The molecule has 0 saturated carbocycles.